The number of rotatable bonds is 14. The van der Waals surface area contributed by atoms with E-state index in [1.165, 1.54) is 6.42 Å². The van der Waals surface area contributed by atoms with Gasteiger partial charge in [-0.1, -0.05) is 65.2 Å². The molecule has 3 rings (SSSR count). The third-order valence-electron chi connectivity index (χ3n) is 8.80. The van der Waals surface area contributed by atoms with Crippen LogP contribution < -0.4 is 5.32 Å². The molecule has 1 heterocycles. The topological polar surface area (TPSA) is 139 Å². The molecule has 2 aliphatic carbocycles. The highest BCUT2D eigenvalue weighted by molar-refractivity contribution is 5.86. The Morgan fingerprint density at radius 3 is 2.38 bits per heavy atom. The normalized spacial score (nSPS) is 21.2. The second kappa shape index (κ2) is 15.1. The van der Waals surface area contributed by atoms with E-state index >= 15 is 0 Å². The first-order valence-corrected chi connectivity index (χ1v) is 15.2. The first-order chi connectivity index (χ1) is 18.6. The van der Waals surface area contributed by atoms with Gasteiger partial charge in [-0.25, -0.2) is 4.98 Å². The number of nitrogens with zero attached hydrogens (tertiary/aromatic N) is 2. The molecule has 0 aromatic carbocycles. The summed E-state index contributed by atoms with van der Waals surface area (Å²) in [6.45, 7) is 4.10. The summed E-state index contributed by atoms with van der Waals surface area (Å²) in [4.78, 5) is 35.9. The van der Waals surface area contributed by atoms with Gasteiger partial charge >= 0.3 is 0 Å². The minimum absolute atomic E-state index is 0.0160. The molecule has 1 aromatic rings. The van der Waals surface area contributed by atoms with E-state index in [4.69, 9.17) is 0 Å². The number of aromatic amines is 1. The number of carbonyl (C=O) groups is 2. The summed E-state index contributed by atoms with van der Waals surface area (Å²) < 4.78 is 0. The zero-order chi connectivity index (χ0) is 28.4. The smallest absolute Gasteiger partial charge is 0.227 e. The molecule has 4 atom stereocenters. The van der Waals surface area contributed by atoms with Gasteiger partial charge < -0.3 is 30.5 Å². The summed E-state index contributed by atoms with van der Waals surface area (Å²) in [5.74, 6) is -0.701. The number of carbonyl (C=O) groups excluding carboxylic acids is 2. The average molecular weight is 549 g/mol. The Hall–Kier alpha value is -1.97. The number of H-pyrrole nitrogens is 1. The molecular weight excluding hydrogens is 496 g/mol. The summed E-state index contributed by atoms with van der Waals surface area (Å²) in [5, 5.41) is 37.0. The van der Waals surface area contributed by atoms with E-state index in [1.54, 1.807) is 24.5 Å². The second-order valence-electron chi connectivity index (χ2n) is 12.6. The molecular formula is C30H52N4O5. The van der Waals surface area contributed by atoms with E-state index in [1.807, 2.05) is 13.8 Å². The second-order valence-corrected chi connectivity index (χ2v) is 12.6. The fraction of sp³-hybridized carbons (Fsp3) is 0.833. The Balaban J connectivity index is 1.99. The highest BCUT2D eigenvalue weighted by Crippen LogP contribution is 2.35. The predicted molar refractivity (Wildman–Crippen MR) is 151 cm³/mol. The van der Waals surface area contributed by atoms with Gasteiger partial charge in [0.05, 0.1) is 35.7 Å². The Labute approximate surface area is 234 Å². The van der Waals surface area contributed by atoms with Crippen LogP contribution in [-0.2, 0) is 16.0 Å². The van der Waals surface area contributed by atoms with Gasteiger partial charge in [-0.15, -0.1) is 0 Å². The van der Waals surface area contributed by atoms with Crippen molar-refractivity contribution in [3.8, 4) is 0 Å². The van der Waals surface area contributed by atoms with Gasteiger partial charge in [0, 0.05) is 32.6 Å². The monoisotopic (exact) mass is 548 g/mol. The molecule has 2 amide bonds. The van der Waals surface area contributed by atoms with Crippen molar-refractivity contribution in [3.63, 3.8) is 0 Å². The third kappa shape index (κ3) is 9.57. The Kier molecular flexibility index (Phi) is 12.3. The van der Waals surface area contributed by atoms with Gasteiger partial charge in [0.1, 0.15) is 6.10 Å². The molecule has 0 aliphatic heterocycles. The number of aliphatic hydroxyl groups is 3. The van der Waals surface area contributed by atoms with Crippen molar-refractivity contribution >= 4 is 11.8 Å². The van der Waals surface area contributed by atoms with E-state index in [9.17, 15) is 24.9 Å². The lowest BCUT2D eigenvalue weighted by molar-refractivity contribution is -0.153. The molecule has 1 aromatic heterocycles. The molecule has 9 nitrogen and oxygen atoms in total. The summed E-state index contributed by atoms with van der Waals surface area (Å²) in [6.07, 6.45) is 11.9. The zero-order valence-electron chi connectivity index (χ0n) is 24.3. The molecule has 0 unspecified atom stereocenters. The van der Waals surface area contributed by atoms with E-state index in [0.717, 1.165) is 44.9 Å². The first-order valence-electron chi connectivity index (χ1n) is 15.2. The maximum Gasteiger partial charge on any atom is 0.227 e. The van der Waals surface area contributed by atoms with E-state index in [-0.39, 0.29) is 37.1 Å². The fourth-order valence-electron chi connectivity index (χ4n) is 6.60. The van der Waals surface area contributed by atoms with Crippen molar-refractivity contribution in [3.05, 3.63) is 18.2 Å². The number of aromatic nitrogens is 2. The van der Waals surface area contributed by atoms with Gasteiger partial charge in [-0.2, -0.15) is 0 Å². The van der Waals surface area contributed by atoms with Crippen molar-refractivity contribution in [2.24, 2.45) is 17.8 Å². The van der Waals surface area contributed by atoms with Crippen LogP contribution >= 0.6 is 0 Å². The molecule has 9 heteroatoms. The number of amides is 2. The molecule has 0 radical (unpaired) electrons. The van der Waals surface area contributed by atoms with E-state index < -0.39 is 29.8 Å². The standard InChI is InChI=1S/C30H52N4O5/c1-21(2)14-26(35)28(37)25(15-22-10-6-4-7-11-22)34(19-30(39)12-8-5-9-13-30)29(38)23(17-27(36)31-3)16-24-18-32-20-33-24/h18,20-23,25-26,28,35,37,39H,4-17,19H2,1-3H3,(H,31,36)(H,32,33)/t23-,25+,26+,28-/m1/s1. The number of hydrogen-bond donors (Lipinski definition) is 5. The van der Waals surface area contributed by atoms with Crippen LogP contribution in [0.4, 0.5) is 0 Å². The van der Waals surface area contributed by atoms with Crippen LogP contribution in [0.3, 0.4) is 0 Å². The van der Waals surface area contributed by atoms with Crippen LogP contribution in [0.15, 0.2) is 12.5 Å². The largest absolute Gasteiger partial charge is 0.390 e. The molecule has 2 fully saturated rings. The minimum Gasteiger partial charge on any atom is -0.390 e. The molecule has 39 heavy (non-hydrogen) atoms. The maximum absolute atomic E-state index is 14.5. The molecule has 0 saturated heterocycles. The Bertz CT molecular complexity index is 865. The van der Waals surface area contributed by atoms with E-state index in [2.05, 4.69) is 15.3 Å². The quantitative estimate of drug-likeness (QED) is 0.242. The van der Waals surface area contributed by atoms with Gasteiger partial charge in [0.2, 0.25) is 11.8 Å². The molecule has 2 aliphatic rings. The van der Waals surface area contributed by atoms with Crippen LogP contribution in [0.1, 0.15) is 103 Å². The predicted octanol–water partition coefficient (Wildman–Crippen LogP) is 3.34. The maximum atomic E-state index is 14.5. The minimum atomic E-state index is -1.14. The number of imidazole rings is 1. The number of aliphatic hydroxyl groups excluding tert-OH is 2. The summed E-state index contributed by atoms with van der Waals surface area (Å²) in [5.41, 5.74) is -0.372. The molecule has 222 valence electrons. The molecule has 0 spiro atoms. The van der Waals surface area contributed by atoms with Gasteiger partial charge in [0.25, 0.3) is 0 Å². The van der Waals surface area contributed by atoms with Gasteiger partial charge in [-0.05, 0) is 37.5 Å². The summed E-state index contributed by atoms with van der Waals surface area (Å²) >= 11 is 0. The Morgan fingerprint density at radius 1 is 1.13 bits per heavy atom. The highest BCUT2D eigenvalue weighted by Gasteiger charge is 2.43. The van der Waals surface area contributed by atoms with Crippen molar-refractivity contribution in [2.75, 3.05) is 13.6 Å². The fourth-order valence-corrected chi connectivity index (χ4v) is 6.60. The van der Waals surface area contributed by atoms with Gasteiger partial charge in [0.15, 0.2) is 0 Å². The molecule has 0 bridgehead atoms. The zero-order valence-corrected chi connectivity index (χ0v) is 24.3. The van der Waals surface area contributed by atoms with Crippen LogP contribution in [-0.4, -0.2) is 79.4 Å². The van der Waals surface area contributed by atoms with Crippen molar-refractivity contribution < 1.29 is 24.9 Å². The van der Waals surface area contributed by atoms with Crippen LogP contribution in [0.5, 0.6) is 0 Å². The molecule has 5 N–H and O–H groups in total. The number of nitrogens with one attached hydrogen (secondary N) is 2. The highest BCUT2D eigenvalue weighted by atomic mass is 16.3. The lowest BCUT2D eigenvalue weighted by Gasteiger charge is -2.45. The lowest BCUT2D eigenvalue weighted by atomic mass is 9.79. The lowest BCUT2D eigenvalue weighted by Crippen LogP contribution is -2.58. The molecule has 2 saturated carbocycles. The summed E-state index contributed by atoms with van der Waals surface area (Å²) in [7, 11) is 1.55. The van der Waals surface area contributed by atoms with E-state index in [0.29, 0.717) is 37.3 Å². The third-order valence-corrected chi connectivity index (χ3v) is 8.80. The van der Waals surface area contributed by atoms with Crippen molar-refractivity contribution in [1.29, 1.82) is 0 Å². The van der Waals surface area contributed by atoms with Crippen LogP contribution in [0.2, 0.25) is 0 Å². The number of hydrogen-bond acceptors (Lipinski definition) is 6. The Morgan fingerprint density at radius 2 is 1.79 bits per heavy atom. The average Bonchev–Trinajstić information content (AvgIpc) is 3.43. The van der Waals surface area contributed by atoms with Crippen molar-refractivity contribution in [2.45, 2.75) is 128 Å². The summed E-state index contributed by atoms with van der Waals surface area (Å²) in [6, 6.07) is -0.647. The van der Waals surface area contributed by atoms with Gasteiger partial charge in [-0.3, -0.25) is 9.59 Å². The van der Waals surface area contributed by atoms with Crippen LogP contribution in [0, 0.1) is 17.8 Å². The van der Waals surface area contributed by atoms with Crippen molar-refractivity contribution in [1.82, 2.24) is 20.2 Å². The first kappa shape index (κ1) is 31.6. The van der Waals surface area contributed by atoms with Crippen LogP contribution in [0.25, 0.3) is 0 Å². The SMILES string of the molecule is CNC(=O)C[C@@H](Cc1c[nH]cn1)C(=O)N(CC1(O)CCCCC1)[C@@H](CC1CCCCC1)[C@@H](O)[C@@H](O)CC(C)C.